The third-order valence-corrected chi connectivity index (χ3v) is 5.87. The summed E-state index contributed by atoms with van der Waals surface area (Å²) in [6, 6.07) is 10.8. The Labute approximate surface area is 186 Å². The van der Waals surface area contributed by atoms with Crippen molar-refractivity contribution in [1.82, 2.24) is 5.32 Å². The maximum absolute atomic E-state index is 12.6. The lowest BCUT2D eigenvalue weighted by Crippen LogP contribution is -2.37. The molecule has 2 amide bonds. The molecule has 0 aliphatic heterocycles. The minimum atomic E-state index is -3.79. The molecule has 0 fully saturated rings. The number of carbonyl (C=O) groups excluding carboxylic acids is 2. The summed E-state index contributed by atoms with van der Waals surface area (Å²) in [5.74, 6) is -0.676. The third-order valence-electron chi connectivity index (χ3n) is 4.00. The van der Waals surface area contributed by atoms with Gasteiger partial charge < -0.3 is 10.6 Å². The van der Waals surface area contributed by atoms with Crippen molar-refractivity contribution in [2.24, 2.45) is 5.92 Å². The topological polar surface area (TPSA) is 95.6 Å². The van der Waals surface area contributed by atoms with Crippen LogP contribution in [0.15, 0.2) is 42.5 Å². The molecule has 10 heteroatoms. The monoisotopic (exact) mass is 471 g/mol. The molecule has 0 unspecified atom stereocenters. The van der Waals surface area contributed by atoms with E-state index in [-0.39, 0.29) is 38.8 Å². The highest BCUT2D eigenvalue weighted by Gasteiger charge is 2.22. The molecular weight excluding hydrogens is 449 g/mol. The van der Waals surface area contributed by atoms with Crippen LogP contribution in [0.25, 0.3) is 0 Å². The van der Waals surface area contributed by atoms with E-state index in [0.29, 0.717) is 6.54 Å². The van der Waals surface area contributed by atoms with Gasteiger partial charge in [0.1, 0.15) is 6.54 Å². The number of benzene rings is 2. The van der Waals surface area contributed by atoms with Gasteiger partial charge in [0.25, 0.3) is 5.91 Å². The molecule has 0 saturated carbocycles. The fourth-order valence-corrected chi connectivity index (χ4v) is 3.68. The molecule has 0 aromatic heterocycles. The first-order valence-corrected chi connectivity index (χ1v) is 11.7. The molecule has 0 bridgehead atoms. The lowest BCUT2D eigenvalue weighted by molar-refractivity contribution is -0.114. The number of hydrogen-bond acceptors (Lipinski definition) is 4. The normalized spacial score (nSPS) is 11.3. The first kappa shape index (κ1) is 24.0. The van der Waals surface area contributed by atoms with Crippen molar-refractivity contribution in [3.63, 3.8) is 0 Å². The summed E-state index contributed by atoms with van der Waals surface area (Å²) in [4.78, 5) is 25.1. The van der Waals surface area contributed by atoms with Crippen LogP contribution in [0.1, 0.15) is 24.2 Å². The number of hydrogen-bond donors (Lipinski definition) is 2. The van der Waals surface area contributed by atoms with Gasteiger partial charge in [-0.25, -0.2) is 8.42 Å². The third kappa shape index (κ3) is 6.62. The van der Waals surface area contributed by atoms with Crippen LogP contribution < -0.4 is 14.9 Å². The van der Waals surface area contributed by atoms with Crippen molar-refractivity contribution >= 4 is 56.4 Å². The Morgan fingerprint density at radius 1 is 1.07 bits per heavy atom. The highest BCUT2D eigenvalue weighted by Crippen LogP contribution is 2.28. The Kier molecular flexibility index (Phi) is 8.11. The molecule has 0 spiro atoms. The summed E-state index contributed by atoms with van der Waals surface area (Å²) in [5.41, 5.74) is 0.767. The van der Waals surface area contributed by atoms with E-state index in [1.807, 2.05) is 13.8 Å². The maximum atomic E-state index is 12.6. The Hall–Kier alpha value is -2.29. The summed E-state index contributed by atoms with van der Waals surface area (Å²) in [7, 11) is -3.79. The van der Waals surface area contributed by atoms with Crippen LogP contribution in [-0.4, -0.2) is 39.6 Å². The number of rotatable bonds is 8. The van der Waals surface area contributed by atoms with Gasteiger partial charge >= 0.3 is 0 Å². The first-order valence-electron chi connectivity index (χ1n) is 9.09. The molecule has 0 heterocycles. The Bertz CT molecular complexity index is 1040. The van der Waals surface area contributed by atoms with Crippen LogP contribution in [-0.2, 0) is 14.8 Å². The molecule has 2 aromatic rings. The summed E-state index contributed by atoms with van der Waals surface area (Å²) in [6.07, 6.45) is 0.982. The Balaban J connectivity index is 2.22. The van der Waals surface area contributed by atoms with Crippen molar-refractivity contribution in [3.05, 3.63) is 58.1 Å². The van der Waals surface area contributed by atoms with Gasteiger partial charge in [-0.1, -0.05) is 49.2 Å². The van der Waals surface area contributed by atoms with Crippen LogP contribution >= 0.6 is 23.2 Å². The number of nitrogens with zero attached hydrogens (tertiary/aromatic N) is 1. The molecule has 2 rings (SSSR count). The molecule has 0 aliphatic rings. The minimum absolute atomic E-state index is 0.162. The summed E-state index contributed by atoms with van der Waals surface area (Å²) in [6.45, 7) is 3.92. The Morgan fingerprint density at radius 2 is 1.73 bits per heavy atom. The number of anilines is 2. The van der Waals surface area contributed by atoms with Crippen LogP contribution in [0.4, 0.5) is 11.4 Å². The van der Waals surface area contributed by atoms with Gasteiger partial charge in [-0.3, -0.25) is 13.9 Å². The maximum Gasteiger partial charge on any atom is 0.253 e. The molecule has 162 valence electrons. The van der Waals surface area contributed by atoms with E-state index in [1.54, 1.807) is 24.3 Å². The van der Waals surface area contributed by atoms with Gasteiger partial charge in [-0.05, 0) is 36.2 Å². The second kappa shape index (κ2) is 10.1. The van der Waals surface area contributed by atoms with Crippen molar-refractivity contribution in [2.45, 2.75) is 13.8 Å². The molecule has 2 aromatic carbocycles. The number of halogens is 2. The molecular formula is C20H23Cl2N3O4S. The smallest absolute Gasteiger partial charge is 0.253 e. The zero-order chi connectivity index (χ0) is 22.5. The number of para-hydroxylation sites is 1. The van der Waals surface area contributed by atoms with Gasteiger partial charge in [0.15, 0.2) is 0 Å². The van der Waals surface area contributed by atoms with E-state index in [9.17, 15) is 18.0 Å². The van der Waals surface area contributed by atoms with Crippen molar-refractivity contribution < 1.29 is 18.0 Å². The van der Waals surface area contributed by atoms with Gasteiger partial charge in [0, 0.05) is 6.54 Å². The van der Waals surface area contributed by atoms with E-state index in [1.165, 1.54) is 18.2 Å². The molecule has 0 atom stereocenters. The molecule has 0 radical (unpaired) electrons. The van der Waals surface area contributed by atoms with Gasteiger partial charge in [0.2, 0.25) is 15.9 Å². The number of sulfonamides is 1. The average Bonchev–Trinajstić information content (AvgIpc) is 2.66. The molecule has 0 aliphatic carbocycles. The minimum Gasteiger partial charge on any atom is -0.352 e. The van der Waals surface area contributed by atoms with Gasteiger partial charge in [-0.2, -0.15) is 0 Å². The number of carbonyl (C=O) groups is 2. The van der Waals surface area contributed by atoms with Crippen LogP contribution in [0.2, 0.25) is 10.0 Å². The van der Waals surface area contributed by atoms with Crippen molar-refractivity contribution in [1.29, 1.82) is 0 Å². The summed E-state index contributed by atoms with van der Waals surface area (Å²) >= 11 is 11.9. The second-order valence-electron chi connectivity index (χ2n) is 7.07. The van der Waals surface area contributed by atoms with Gasteiger partial charge in [-0.15, -0.1) is 0 Å². The highest BCUT2D eigenvalue weighted by atomic mass is 35.5. The quantitative estimate of drug-likeness (QED) is 0.611. The van der Waals surface area contributed by atoms with Crippen LogP contribution in [0, 0.1) is 5.92 Å². The van der Waals surface area contributed by atoms with E-state index < -0.39 is 22.5 Å². The zero-order valence-electron chi connectivity index (χ0n) is 16.8. The summed E-state index contributed by atoms with van der Waals surface area (Å²) < 4.78 is 25.4. The standard InChI is InChI=1S/C20H23Cl2N3O4S/c1-13(2)11-23-20(27)15-6-4-5-7-18(15)24-19(26)12-25(30(3,28)29)14-8-9-16(21)17(22)10-14/h4-10,13H,11-12H2,1-3H3,(H,23,27)(H,24,26). The number of nitrogens with one attached hydrogen (secondary N) is 2. The predicted molar refractivity (Wildman–Crippen MR) is 121 cm³/mol. The van der Waals surface area contributed by atoms with Crippen molar-refractivity contribution in [3.8, 4) is 0 Å². The average molecular weight is 472 g/mol. The number of amides is 2. The molecule has 30 heavy (non-hydrogen) atoms. The highest BCUT2D eigenvalue weighted by molar-refractivity contribution is 7.92. The molecule has 0 saturated heterocycles. The first-order chi connectivity index (χ1) is 14.0. The molecule has 2 N–H and O–H groups in total. The largest absolute Gasteiger partial charge is 0.352 e. The van der Waals surface area contributed by atoms with Gasteiger partial charge in [0.05, 0.1) is 33.2 Å². The van der Waals surface area contributed by atoms with Crippen molar-refractivity contribution in [2.75, 3.05) is 29.0 Å². The lowest BCUT2D eigenvalue weighted by Gasteiger charge is -2.22. The fourth-order valence-electron chi connectivity index (χ4n) is 2.54. The van der Waals surface area contributed by atoms with E-state index in [4.69, 9.17) is 23.2 Å². The SMILES string of the molecule is CC(C)CNC(=O)c1ccccc1NC(=O)CN(c1ccc(Cl)c(Cl)c1)S(C)(=O)=O. The summed E-state index contributed by atoms with van der Waals surface area (Å²) in [5, 5.41) is 5.83. The lowest BCUT2D eigenvalue weighted by atomic mass is 10.1. The van der Waals surface area contributed by atoms with E-state index in [2.05, 4.69) is 10.6 Å². The van der Waals surface area contributed by atoms with E-state index in [0.717, 1.165) is 10.6 Å². The van der Waals surface area contributed by atoms with E-state index >= 15 is 0 Å². The van der Waals surface area contributed by atoms with Crippen LogP contribution in [0.5, 0.6) is 0 Å². The second-order valence-corrected chi connectivity index (χ2v) is 9.79. The predicted octanol–water partition coefficient (Wildman–Crippen LogP) is 3.78. The fraction of sp³-hybridized carbons (Fsp3) is 0.300. The Morgan fingerprint density at radius 3 is 2.33 bits per heavy atom. The van der Waals surface area contributed by atoms with Crippen LogP contribution in [0.3, 0.4) is 0 Å². The zero-order valence-corrected chi connectivity index (χ0v) is 19.1. The molecule has 7 nitrogen and oxygen atoms in total.